The molecular formula is C14H26N2O2. The van der Waals surface area contributed by atoms with Crippen molar-refractivity contribution in [2.75, 3.05) is 33.3 Å². The molecule has 0 saturated carbocycles. The first kappa shape index (κ1) is 13.8. The van der Waals surface area contributed by atoms with Crippen LogP contribution in [0.5, 0.6) is 0 Å². The summed E-state index contributed by atoms with van der Waals surface area (Å²) in [5.41, 5.74) is 0. The minimum absolute atomic E-state index is 0.0425. The van der Waals surface area contributed by atoms with E-state index in [1.807, 2.05) is 0 Å². The number of methoxy groups -OCH3 is 1. The van der Waals surface area contributed by atoms with Crippen molar-refractivity contribution < 1.29 is 9.53 Å². The molecule has 2 fully saturated rings. The van der Waals surface area contributed by atoms with Crippen LogP contribution in [-0.4, -0.2) is 61.1 Å². The summed E-state index contributed by atoms with van der Waals surface area (Å²) in [4.78, 5) is 16.8. The fourth-order valence-corrected chi connectivity index (χ4v) is 3.03. The van der Waals surface area contributed by atoms with Gasteiger partial charge in [-0.2, -0.15) is 0 Å². The molecule has 1 amide bonds. The third-order valence-corrected chi connectivity index (χ3v) is 4.38. The highest BCUT2D eigenvalue weighted by molar-refractivity contribution is 5.81. The fourth-order valence-electron chi connectivity index (χ4n) is 3.03. The number of hydrogen-bond acceptors (Lipinski definition) is 3. The second-order valence-corrected chi connectivity index (χ2v) is 5.53. The third kappa shape index (κ3) is 3.23. The van der Waals surface area contributed by atoms with Gasteiger partial charge in [0.15, 0.2) is 0 Å². The van der Waals surface area contributed by atoms with Crippen LogP contribution in [0.15, 0.2) is 0 Å². The van der Waals surface area contributed by atoms with Crippen LogP contribution in [0.3, 0.4) is 0 Å². The van der Waals surface area contributed by atoms with E-state index < -0.39 is 0 Å². The molecule has 0 radical (unpaired) electrons. The molecule has 0 spiro atoms. The summed E-state index contributed by atoms with van der Waals surface area (Å²) in [6.45, 7) is 5.94. The van der Waals surface area contributed by atoms with Crippen molar-refractivity contribution in [2.24, 2.45) is 0 Å². The summed E-state index contributed by atoms with van der Waals surface area (Å²) < 4.78 is 5.37. The molecule has 0 aromatic heterocycles. The Kier molecular flexibility index (Phi) is 5.01. The van der Waals surface area contributed by atoms with Crippen molar-refractivity contribution >= 4 is 5.91 Å². The number of amides is 1. The van der Waals surface area contributed by atoms with Crippen LogP contribution in [0.4, 0.5) is 0 Å². The lowest BCUT2D eigenvalue weighted by molar-refractivity contribution is -0.138. The van der Waals surface area contributed by atoms with Crippen LogP contribution in [0.2, 0.25) is 0 Å². The number of carbonyl (C=O) groups is 1. The van der Waals surface area contributed by atoms with Crippen LogP contribution in [0.25, 0.3) is 0 Å². The summed E-state index contributed by atoms with van der Waals surface area (Å²) in [5.74, 6) is 0.325. The molecule has 0 aromatic rings. The molecule has 2 saturated heterocycles. The van der Waals surface area contributed by atoms with Gasteiger partial charge in [-0.1, -0.05) is 0 Å². The van der Waals surface area contributed by atoms with Crippen LogP contribution >= 0.6 is 0 Å². The zero-order valence-corrected chi connectivity index (χ0v) is 11.7. The van der Waals surface area contributed by atoms with E-state index in [1.165, 1.54) is 19.3 Å². The summed E-state index contributed by atoms with van der Waals surface area (Å²) >= 11 is 0. The van der Waals surface area contributed by atoms with E-state index in [4.69, 9.17) is 4.74 Å². The Labute approximate surface area is 110 Å². The first-order chi connectivity index (χ1) is 8.72. The molecule has 2 aliphatic heterocycles. The number of hydrogen-bond donors (Lipinski definition) is 0. The van der Waals surface area contributed by atoms with Crippen LogP contribution < -0.4 is 0 Å². The van der Waals surface area contributed by atoms with E-state index in [0.29, 0.717) is 12.0 Å². The Bertz CT molecular complexity index is 269. The number of carbonyl (C=O) groups excluding carboxylic acids is 1. The molecule has 2 heterocycles. The molecule has 0 aliphatic carbocycles. The Hall–Kier alpha value is -0.610. The summed E-state index contributed by atoms with van der Waals surface area (Å²) in [6.07, 6.45) is 6.10. The predicted octanol–water partition coefficient (Wildman–Crippen LogP) is 1.50. The summed E-state index contributed by atoms with van der Waals surface area (Å²) in [6, 6.07) is 0.0425. The van der Waals surface area contributed by atoms with Gasteiger partial charge >= 0.3 is 0 Å². The second kappa shape index (κ2) is 6.53. The lowest BCUT2D eigenvalue weighted by Gasteiger charge is -2.37. The first-order valence-corrected chi connectivity index (χ1v) is 7.28. The van der Waals surface area contributed by atoms with Gasteiger partial charge in [0.1, 0.15) is 0 Å². The van der Waals surface area contributed by atoms with Crippen molar-refractivity contribution in [3.05, 3.63) is 0 Å². The average molecular weight is 254 g/mol. The van der Waals surface area contributed by atoms with Crippen molar-refractivity contribution in [3.8, 4) is 0 Å². The lowest BCUT2D eigenvalue weighted by Crippen LogP contribution is -2.51. The first-order valence-electron chi connectivity index (χ1n) is 7.28. The highest BCUT2D eigenvalue weighted by Crippen LogP contribution is 2.18. The van der Waals surface area contributed by atoms with Crippen LogP contribution in [0.1, 0.15) is 39.0 Å². The topological polar surface area (TPSA) is 32.8 Å². The van der Waals surface area contributed by atoms with E-state index in [0.717, 1.165) is 39.0 Å². The summed E-state index contributed by atoms with van der Waals surface area (Å²) in [5, 5.41) is 0. The predicted molar refractivity (Wildman–Crippen MR) is 71.5 cm³/mol. The number of nitrogens with zero attached hydrogens (tertiary/aromatic N) is 2. The maximum absolute atomic E-state index is 12.4. The van der Waals surface area contributed by atoms with Crippen molar-refractivity contribution in [2.45, 2.75) is 51.2 Å². The molecule has 0 aromatic carbocycles. The number of rotatable bonds is 3. The van der Waals surface area contributed by atoms with Gasteiger partial charge in [-0.05, 0) is 39.0 Å². The molecule has 4 heteroatoms. The molecule has 2 aliphatic rings. The van der Waals surface area contributed by atoms with Crippen molar-refractivity contribution in [3.63, 3.8) is 0 Å². The zero-order chi connectivity index (χ0) is 13.0. The van der Waals surface area contributed by atoms with E-state index in [9.17, 15) is 4.79 Å². The van der Waals surface area contributed by atoms with Crippen molar-refractivity contribution in [1.82, 2.24) is 9.80 Å². The second-order valence-electron chi connectivity index (χ2n) is 5.53. The van der Waals surface area contributed by atoms with Gasteiger partial charge in [-0.15, -0.1) is 0 Å². The quantitative estimate of drug-likeness (QED) is 0.765. The molecule has 4 nitrogen and oxygen atoms in total. The Balaban J connectivity index is 1.83. The van der Waals surface area contributed by atoms with E-state index in [2.05, 4.69) is 16.7 Å². The van der Waals surface area contributed by atoms with Crippen LogP contribution in [-0.2, 0) is 9.53 Å². The monoisotopic (exact) mass is 254 g/mol. The molecule has 18 heavy (non-hydrogen) atoms. The van der Waals surface area contributed by atoms with Gasteiger partial charge in [0, 0.05) is 33.3 Å². The molecule has 1 unspecified atom stereocenters. The fraction of sp³-hybridized carbons (Fsp3) is 0.929. The normalized spacial score (nSPS) is 25.1. The highest BCUT2D eigenvalue weighted by atomic mass is 16.5. The van der Waals surface area contributed by atoms with Crippen LogP contribution in [0, 0.1) is 0 Å². The third-order valence-electron chi connectivity index (χ3n) is 4.38. The van der Waals surface area contributed by atoms with Gasteiger partial charge in [0.05, 0.1) is 12.1 Å². The molecule has 0 bridgehead atoms. The van der Waals surface area contributed by atoms with Gasteiger partial charge in [0.25, 0.3) is 0 Å². The lowest BCUT2D eigenvalue weighted by atomic mass is 10.0. The molecule has 2 rings (SSSR count). The van der Waals surface area contributed by atoms with E-state index >= 15 is 0 Å². The largest absolute Gasteiger partial charge is 0.381 e. The number of likely N-dealkylation sites (tertiary alicyclic amines) is 2. The van der Waals surface area contributed by atoms with E-state index in [1.54, 1.807) is 7.11 Å². The number of piperidine rings is 2. The summed E-state index contributed by atoms with van der Waals surface area (Å²) in [7, 11) is 1.78. The molecular weight excluding hydrogens is 228 g/mol. The minimum Gasteiger partial charge on any atom is -0.381 e. The Morgan fingerprint density at radius 3 is 2.28 bits per heavy atom. The molecule has 1 atom stereocenters. The van der Waals surface area contributed by atoms with Gasteiger partial charge in [-0.25, -0.2) is 0 Å². The van der Waals surface area contributed by atoms with Gasteiger partial charge in [-0.3, -0.25) is 9.69 Å². The maximum atomic E-state index is 12.4. The highest BCUT2D eigenvalue weighted by Gasteiger charge is 2.29. The average Bonchev–Trinajstić information content (AvgIpc) is 2.47. The zero-order valence-electron chi connectivity index (χ0n) is 11.7. The Morgan fingerprint density at radius 1 is 1.11 bits per heavy atom. The smallest absolute Gasteiger partial charge is 0.239 e. The standard InChI is InChI=1S/C14H26N2O2/c1-12(14(17)16-8-4-3-5-9-16)15-10-6-13(18-2)7-11-15/h12-13H,3-11H2,1-2H3. The molecule has 0 N–H and O–H groups in total. The maximum Gasteiger partial charge on any atom is 0.239 e. The Morgan fingerprint density at radius 2 is 1.72 bits per heavy atom. The van der Waals surface area contributed by atoms with Gasteiger partial charge in [0.2, 0.25) is 5.91 Å². The molecule has 104 valence electrons. The van der Waals surface area contributed by atoms with Gasteiger partial charge < -0.3 is 9.64 Å². The van der Waals surface area contributed by atoms with E-state index in [-0.39, 0.29) is 6.04 Å². The minimum atomic E-state index is 0.0425. The number of ether oxygens (including phenoxy) is 1. The SMILES string of the molecule is COC1CCN(C(C)C(=O)N2CCCCC2)CC1. The van der Waals surface area contributed by atoms with Crippen molar-refractivity contribution in [1.29, 1.82) is 0 Å².